The Hall–Kier alpha value is -2.77. The quantitative estimate of drug-likeness (QED) is 0.769. The molecule has 0 bridgehead atoms. The van der Waals surface area contributed by atoms with E-state index in [2.05, 4.69) is 5.32 Å². The molecule has 0 atom stereocenters. The highest BCUT2D eigenvalue weighted by atomic mass is 16.7. The fourth-order valence-corrected chi connectivity index (χ4v) is 5.30. The normalized spacial score (nSPS) is 23.6. The van der Waals surface area contributed by atoms with E-state index in [0.717, 1.165) is 49.8 Å². The molecule has 160 valence electrons. The van der Waals surface area contributed by atoms with E-state index >= 15 is 0 Å². The lowest BCUT2D eigenvalue weighted by Crippen LogP contribution is -2.49. The summed E-state index contributed by atoms with van der Waals surface area (Å²) in [7, 11) is 1.67. The molecule has 1 aromatic carbocycles. The third-order valence-corrected chi connectivity index (χ3v) is 6.97. The van der Waals surface area contributed by atoms with Gasteiger partial charge in [-0.1, -0.05) is 19.3 Å². The predicted molar refractivity (Wildman–Crippen MR) is 108 cm³/mol. The zero-order valence-corrected chi connectivity index (χ0v) is 17.2. The summed E-state index contributed by atoms with van der Waals surface area (Å²) in [6.45, 7) is -0.290. The molecule has 0 unspecified atom stereocenters. The van der Waals surface area contributed by atoms with Crippen LogP contribution in [-0.2, 0) is 9.59 Å². The van der Waals surface area contributed by atoms with Crippen LogP contribution < -0.4 is 14.8 Å². The first-order valence-electron chi connectivity index (χ1n) is 10.8. The van der Waals surface area contributed by atoms with Crippen LogP contribution in [0.3, 0.4) is 0 Å². The molecule has 3 fully saturated rings. The minimum Gasteiger partial charge on any atom is -0.448 e. The fraction of sp³-hybridized carbons (Fsp3) is 0.591. The maximum atomic E-state index is 13.0. The highest BCUT2D eigenvalue weighted by Crippen LogP contribution is 2.47. The van der Waals surface area contributed by atoms with Crippen LogP contribution in [0.25, 0.3) is 0 Å². The van der Waals surface area contributed by atoms with Crippen LogP contribution in [0.15, 0.2) is 18.2 Å². The molecule has 0 radical (unpaired) electrons. The number of benzene rings is 1. The van der Waals surface area contributed by atoms with Gasteiger partial charge in [-0.15, -0.1) is 0 Å². The Morgan fingerprint density at radius 2 is 1.67 bits per heavy atom. The molecule has 1 aromatic rings. The first-order valence-corrected chi connectivity index (χ1v) is 10.8. The summed E-state index contributed by atoms with van der Waals surface area (Å²) in [6, 6.07) is 4.87. The van der Waals surface area contributed by atoms with Crippen molar-refractivity contribution in [2.75, 3.05) is 18.9 Å². The maximum Gasteiger partial charge on any atom is 0.327 e. The Labute approximate surface area is 175 Å². The van der Waals surface area contributed by atoms with Gasteiger partial charge >= 0.3 is 6.03 Å². The summed E-state index contributed by atoms with van der Waals surface area (Å²) in [5.41, 5.74) is -0.221. The van der Waals surface area contributed by atoms with Crippen molar-refractivity contribution in [1.82, 2.24) is 9.80 Å². The van der Waals surface area contributed by atoms with Crippen molar-refractivity contribution in [2.45, 2.75) is 69.1 Å². The number of hydrogen-bond donors (Lipinski definition) is 1. The van der Waals surface area contributed by atoms with E-state index in [9.17, 15) is 14.4 Å². The summed E-state index contributed by atoms with van der Waals surface area (Å²) in [5, 5.41) is 2.79. The number of likely N-dealkylation sites (N-methyl/N-ethyl adjacent to an activating group) is 1. The smallest absolute Gasteiger partial charge is 0.327 e. The third-order valence-electron chi connectivity index (χ3n) is 6.97. The van der Waals surface area contributed by atoms with Crippen LogP contribution in [0.2, 0.25) is 0 Å². The number of amides is 4. The zero-order chi connectivity index (χ0) is 20.9. The predicted octanol–water partition coefficient (Wildman–Crippen LogP) is 3.26. The van der Waals surface area contributed by atoms with Crippen LogP contribution in [0, 0.1) is 0 Å². The number of anilines is 1. The topological polar surface area (TPSA) is 88.2 Å². The van der Waals surface area contributed by atoms with Gasteiger partial charge in [0.25, 0.3) is 11.7 Å². The molecule has 4 amide bonds. The summed E-state index contributed by atoms with van der Waals surface area (Å²) in [4.78, 5) is 41.0. The lowest BCUT2D eigenvalue weighted by atomic mass is 9.81. The van der Waals surface area contributed by atoms with Crippen LogP contribution in [0.4, 0.5) is 10.5 Å². The number of carbonyl (C=O) groups excluding carboxylic acids is 3. The van der Waals surface area contributed by atoms with E-state index in [1.165, 1.54) is 4.90 Å². The molecule has 8 nitrogen and oxygen atoms in total. The van der Waals surface area contributed by atoms with Gasteiger partial charge in [0.05, 0.1) is 0 Å². The van der Waals surface area contributed by atoms with E-state index in [1.807, 2.05) is 0 Å². The van der Waals surface area contributed by atoms with Crippen molar-refractivity contribution in [3.8, 4) is 11.5 Å². The van der Waals surface area contributed by atoms with Crippen LogP contribution in [-0.4, -0.2) is 52.6 Å². The fourth-order valence-electron chi connectivity index (χ4n) is 5.30. The minimum atomic E-state index is -0.774. The van der Waals surface area contributed by atoms with Crippen molar-refractivity contribution in [2.24, 2.45) is 0 Å². The van der Waals surface area contributed by atoms with Crippen LogP contribution in [0.1, 0.15) is 57.8 Å². The van der Waals surface area contributed by atoms with Gasteiger partial charge in [0, 0.05) is 31.6 Å². The van der Waals surface area contributed by atoms with Gasteiger partial charge in [-0.3, -0.25) is 14.5 Å². The minimum absolute atomic E-state index is 0.251. The average molecular weight is 413 g/mol. The molecule has 2 aliphatic carbocycles. The number of urea groups is 1. The number of nitrogens with zero attached hydrogens (tertiary/aromatic N) is 2. The molecule has 8 heteroatoms. The third kappa shape index (κ3) is 2.92. The Morgan fingerprint density at radius 1 is 1.00 bits per heavy atom. The van der Waals surface area contributed by atoms with Crippen molar-refractivity contribution in [1.29, 1.82) is 0 Å². The van der Waals surface area contributed by atoms with Crippen molar-refractivity contribution in [3.63, 3.8) is 0 Å². The lowest BCUT2D eigenvalue weighted by Gasteiger charge is -2.35. The van der Waals surface area contributed by atoms with Crippen molar-refractivity contribution >= 4 is 23.5 Å². The average Bonchev–Trinajstić information content (AvgIpc) is 3.39. The molecule has 2 aliphatic heterocycles. The van der Waals surface area contributed by atoms with Gasteiger partial charge in [0.2, 0.25) is 5.91 Å². The second-order valence-electron chi connectivity index (χ2n) is 8.86. The highest BCUT2D eigenvalue weighted by molar-refractivity contribution is 6.10. The molecule has 2 saturated carbocycles. The number of ether oxygens (including phenoxy) is 2. The number of hydrogen-bond acceptors (Lipinski definition) is 5. The summed E-state index contributed by atoms with van der Waals surface area (Å²) >= 11 is 0. The number of rotatable bonds is 3. The second-order valence-corrected chi connectivity index (χ2v) is 8.86. The van der Waals surface area contributed by atoms with E-state index in [4.69, 9.17) is 9.47 Å². The van der Waals surface area contributed by atoms with Crippen molar-refractivity contribution in [3.05, 3.63) is 18.2 Å². The van der Waals surface area contributed by atoms with E-state index < -0.39 is 23.3 Å². The van der Waals surface area contributed by atoms with Gasteiger partial charge in [-0.25, -0.2) is 4.79 Å². The number of nitrogens with one attached hydrogen (secondary N) is 1. The van der Waals surface area contributed by atoms with E-state index in [-0.39, 0.29) is 12.5 Å². The SMILES string of the molecule is CN1C(=O)N(CC(=O)Nc2ccc3c(c2)OC2(CCCC2)O3)C(=O)C12CCCCC2. The molecule has 30 heavy (non-hydrogen) atoms. The number of carbonyl (C=O) groups is 3. The Morgan fingerprint density at radius 3 is 2.40 bits per heavy atom. The van der Waals surface area contributed by atoms with Gasteiger partial charge < -0.3 is 19.7 Å². The summed E-state index contributed by atoms with van der Waals surface area (Å²) in [6.07, 6.45) is 8.10. The van der Waals surface area contributed by atoms with Gasteiger partial charge in [-0.2, -0.15) is 0 Å². The van der Waals surface area contributed by atoms with E-state index in [1.54, 1.807) is 25.2 Å². The lowest BCUT2D eigenvalue weighted by molar-refractivity contribution is -0.136. The maximum absolute atomic E-state index is 13.0. The highest BCUT2D eigenvalue weighted by Gasteiger charge is 2.55. The monoisotopic (exact) mass is 413 g/mol. The largest absolute Gasteiger partial charge is 0.448 e. The molecular weight excluding hydrogens is 386 g/mol. The van der Waals surface area contributed by atoms with Gasteiger partial charge in [0.15, 0.2) is 11.5 Å². The molecule has 2 heterocycles. The Balaban J connectivity index is 1.26. The molecule has 5 rings (SSSR count). The summed E-state index contributed by atoms with van der Waals surface area (Å²) in [5.74, 6) is 0.0776. The van der Waals surface area contributed by atoms with Crippen molar-refractivity contribution < 1.29 is 23.9 Å². The first-order chi connectivity index (χ1) is 14.4. The standard InChI is InChI=1S/C22H27N3O5/c1-24-20(28)25(19(27)21(24)9-3-2-4-10-21)14-18(26)23-15-7-8-16-17(13-15)30-22(29-16)11-5-6-12-22/h7-8,13H,2-6,9-12,14H2,1H3,(H,23,26). The number of fused-ring (bicyclic) bond motifs is 1. The second kappa shape index (κ2) is 6.89. The van der Waals surface area contributed by atoms with Gasteiger partial charge in [-0.05, 0) is 37.8 Å². The molecule has 1 N–H and O–H groups in total. The zero-order valence-electron chi connectivity index (χ0n) is 17.2. The molecule has 2 spiro atoms. The van der Waals surface area contributed by atoms with Crippen LogP contribution in [0.5, 0.6) is 11.5 Å². The molecule has 0 aromatic heterocycles. The number of imide groups is 1. The van der Waals surface area contributed by atoms with E-state index in [0.29, 0.717) is 30.0 Å². The first kappa shape index (κ1) is 19.2. The molecular formula is C22H27N3O5. The molecule has 1 saturated heterocycles. The molecule has 4 aliphatic rings. The Bertz CT molecular complexity index is 902. The van der Waals surface area contributed by atoms with Gasteiger partial charge in [0.1, 0.15) is 12.1 Å². The van der Waals surface area contributed by atoms with Crippen LogP contribution >= 0.6 is 0 Å². The Kier molecular flexibility index (Phi) is 4.41. The summed E-state index contributed by atoms with van der Waals surface area (Å²) < 4.78 is 12.0.